The molecule has 8 heteroatoms. The van der Waals surface area contributed by atoms with Crippen LogP contribution in [0.3, 0.4) is 0 Å². The maximum atomic E-state index is 12.9. The van der Waals surface area contributed by atoms with Gasteiger partial charge in [-0.2, -0.15) is 22.7 Å². The molecule has 6 rings (SSSR count). The van der Waals surface area contributed by atoms with Crippen LogP contribution in [0.25, 0.3) is 44.2 Å². The van der Waals surface area contributed by atoms with Gasteiger partial charge >= 0.3 is 0 Å². The molecule has 7 nitrogen and oxygen atoms in total. The zero-order chi connectivity index (χ0) is 23.3. The Morgan fingerprint density at radius 1 is 0.853 bits per heavy atom. The Morgan fingerprint density at radius 3 is 2.53 bits per heavy atom. The van der Waals surface area contributed by atoms with Gasteiger partial charge in [0.1, 0.15) is 5.69 Å². The molecule has 0 atom stereocenters. The van der Waals surface area contributed by atoms with E-state index in [9.17, 15) is 8.42 Å². The summed E-state index contributed by atoms with van der Waals surface area (Å²) >= 11 is 0. The number of aryl methyl sites for hydroxylation is 1. The molecule has 0 radical (unpaired) electrons. The van der Waals surface area contributed by atoms with Crippen LogP contribution in [0.1, 0.15) is 5.56 Å². The lowest BCUT2D eigenvalue weighted by molar-refractivity contribution is 0.580. The smallest absolute Gasteiger partial charge is 0.276 e. The standard InChI is InChI=1S/C26H19N5O2S/c1-17-6-5-7-19(12-17)26-25-22-13-18(10-11-23(22)27-15-24(25)29-30-26)20-14-28-31(16-20)34(32,33)21-8-3-2-4-9-21/h2-16H,1H3,(H,29,30). The maximum absolute atomic E-state index is 12.9. The summed E-state index contributed by atoms with van der Waals surface area (Å²) in [5.41, 5.74) is 6.22. The number of nitrogens with one attached hydrogen (secondary N) is 1. The van der Waals surface area contributed by atoms with Gasteiger partial charge in [-0.3, -0.25) is 10.1 Å². The molecule has 3 heterocycles. The number of nitrogens with zero attached hydrogens (tertiary/aromatic N) is 4. The highest BCUT2D eigenvalue weighted by Crippen LogP contribution is 2.34. The van der Waals surface area contributed by atoms with Crippen LogP contribution in [-0.4, -0.2) is 32.8 Å². The molecular weight excluding hydrogens is 446 g/mol. The van der Waals surface area contributed by atoms with Gasteiger partial charge in [-0.15, -0.1) is 0 Å². The van der Waals surface area contributed by atoms with Crippen molar-refractivity contribution in [3.8, 4) is 22.4 Å². The largest absolute Gasteiger partial charge is 0.282 e. The highest BCUT2D eigenvalue weighted by Gasteiger charge is 2.19. The molecule has 0 unspecified atom stereocenters. The molecule has 3 aromatic carbocycles. The number of aromatic nitrogens is 5. The van der Waals surface area contributed by atoms with Crippen molar-refractivity contribution >= 4 is 31.8 Å². The molecule has 0 aliphatic heterocycles. The van der Waals surface area contributed by atoms with E-state index in [1.54, 1.807) is 42.7 Å². The Balaban J connectivity index is 1.50. The minimum atomic E-state index is -3.76. The molecule has 0 bridgehead atoms. The first-order chi connectivity index (χ1) is 16.5. The third-order valence-corrected chi connectivity index (χ3v) is 7.43. The maximum Gasteiger partial charge on any atom is 0.282 e. The van der Waals surface area contributed by atoms with E-state index in [1.165, 1.54) is 6.20 Å². The second-order valence-electron chi connectivity index (χ2n) is 8.14. The number of benzene rings is 3. The van der Waals surface area contributed by atoms with Gasteiger partial charge in [0.05, 0.1) is 34.5 Å². The van der Waals surface area contributed by atoms with E-state index in [0.717, 1.165) is 48.3 Å². The normalized spacial score (nSPS) is 11.9. The van der Waals surface area contributed by atoms with Crippen molar-refractivity contribution in [2.75, 3.05) is 0 Å². The first kappa shape index (κ1) is 20.3. The summed E-state index contributed by atoms with van der Waals surface area (Å²) in [6, 6.07) is 22.3. The van der Waals surface area contributed by atoms with Crippen molar-refractivity contribution < 1.29 is 8.42 Å². The van der Waals surface area contributed by atoms with Gasteiger partial charge in [0.15, 0.2) is 0 Å². The van der Waals surface area contributed by atoms with Gasteiger partial charge in [0.2, 0.25) is 0 Å². The van der Waals surface area contributed by atoms with E-state index in [0.29, 0.717) is 5.56 Å². The zero-order valence-corrected chi connectivity index (χ0v) is 19.0. The third-order valence-electron chi connectivity index (χ3n) is 5.87. The highest BCUT2D eigenvalue weighted by atomic mass is 32.2. The van der Waals surface area contributed by atoms with Crippen molar-refractivity contribution in [3.05, 3.63) is 97.0 Å². The highest BCUT2D eigenvalue weighted by molar-refractivity contribution is 7.89. The Morgan fingerprint density at radius 2 is 1.71 bits per heavy atom. The Labute approximate surface area is 195 Å². The van der Waals surface area contributed by atoms with Crippen LogP contribution in [0.5, 0.6) is 0 Å². The van der Waals surface area contributed by atoms with Crippen molar-refractivity contribution in [3.63, 3.8) is 0 Å². The van der Waals surface area contributed by atoms with Crippen LogP contribution in [0, 0.1) is 6.92 Å². The second kappa shape index (κ2) is 7.64. The summed E-state index contributed by atoms with van der Waals surface area (Å²) in [4.78, 5) is 4.75. The topological polar surface area (TPSA) is 93.5 Å². The van der Waals surface area contributed by atoms with Crippen molar-refractivity contribution in [1.29, 1.82) is 0 Å². The predicted octanol–water partition coefficient (Wildman–Crippen LogP) is 5.19. The zero-order valence-electron chi connectivity index (χ0n) is 18.2. The molecule has 3 aromatic heterocycles. The summed E-state index contributed by atoms with van der Waals surface area (Å²) in [6.07, 6.45) is 4.88. The number of aromatic amines is 1. The first-order valence-electron chi connectivity index (χ1n) is 10.7. The molecule has 34 heavy (non-hydrogen) atoms. The van der Waals surface area contributed by atoms with Crippen LogP contribution in [-0.2, 0) is 10.0 Å². The average Bonchev–Trinajstić information content (AvgIpc) is 3.53. The van der Waals surface area contributed by atoms with Crippen molar-refractivity contribution in [1.82, 2.24) is 24.4 Å². The second-order valence-corrected chi connectivity index (χ2v) is 9.94. The van der Waals surface area contributed by atoms with Crippen molar-refractivity contribution in [2.24, 2.45) is 0 Å². The minimum absolute atomic E-state index is 0.190. The Bertz CT molecular complexity index is 1790. The number of hydrogen-bond donors (Lipinski definition) is 1. The van der Waals surface area contributed by atoms with E-state index in [4.69, 9.17) is 0 Å². The lowest BCUT2D eigenvalue weighted by Crippen LogP contribution is -2.13. The SMILES string of the molecule is Cc1cccc(-c2n[nH]c3cnc4ccc(-c5cnn(S(=O)(=O)c6ccccc6)c5)cc4c23)c1. The van der Waals surface area contributed by atoms with E-state index < -0.39 is 10.0 Å². The third kappa shape index (κ3) is 3.27. The fraction of sp³-hybridized carbons (Fsp3) is 0.0385. The summed E-state index contributed by atoms with van der Waals surface area (Å²) < 4.78 is 26.9. The summed E-state index contributed by atoms with van der Waals surface area (Å²) in [6.45, 7) is 2.05. The lowest BCUT2D eigenvalue weighted by atomic mass is 10.0. The first-order valence-corrected chi connectivity index (χ1v) is 12.1. The molecule has 0 saturated heterocycles. The molecule has 0 aliphatic carbocycles. The monoisotopic (exact) mass is 465 g/mol. The van der Waals surface area contributed by atoms with Crippen LogP contribution >= 0.6 is 0 Å². The van der Waals surface area contributed by atoms with Gasteiger partial charge in [-0.1, -0.05) is 48.0 Å². The van der Waals surface area contributed by atoms with E-state index in [2.05, 4.69) is 39.3 Å². The van der Waals surface area contributed by atoms with Gasteiger partial charge in [-0.25, -0.2) is 0 Å². The van der Waals surface area contributed by atoms with Gasteiger partial charge in [0.25, 0.3) is 10.0 Å². The predicted molar refractivity (Wildman–Crippen MR) is 132 cm³/mol. The van der Waals surface area contributed by atoms with Crippen LogP contribution in [0.2, 0.25) is 0 Å². The van der Waals surface area contributed by atoms with E-state index >= 15 is 0 Å². The van der Waals surface area contributed by atoms with Crippen LogP contribution in [0.15, 0.2) is 96.3 Å². The van der Waals surface area contributed by atoms with Gasteiger partial charge in [0, 0.05) is 21.9 Å². The summed E-state index contributed by atoms with van der Waals surface area (Å²) in [7, 11) is -3.76. The molecule has 0 aliphatic rings. The van der Waals surface area contributed by atoms with E-state index in [-0.39, 0.29) is 4.90 Å². The van der Waals surface area contributed by atoms with Crippen molar-refractivity contribution in [2.45, 2.75) is 11.8 Å². The quantitative estimate of drug-likeness (QED) is 0.387. The number of hydrogen-bond acceptors (Lipinski definition) is 5. The molecule has 1 N–H and O–H groups in total. The summed E-state index contributed by atoms with van der Waals surface area (Å²) in [5.74, 6) is 0. The number of H-pyrrole nitrogens is 1. The average molecular weight is 466 g/mol. The van der Waals surface area contributed by atoms with Crippen LogP contribution < -0.4 is 0 Å². The molecule has 0 spiro atoms. The fourth-order valence-electron chi connectivity index (χ4n) is 4.17. The molecular formula is C26H19N5O2S. The fourth-order valence-corrected chi connectivity index (χ4v) is 5.31. The van der Waals surface area contributed by atoms with E-state index in [1.807, 2.05) is 30.3 Å². The summed E-state index contributed by atoms with van der Waals surface area (Å²) in [5, 5.41) is 13.7. The molecule has 0 amide bonds. The van der Waals surface area contributed by atoms with Gasteiger partial charge in [-0.05, 0) is 42.8 Å². The molecule has 0 fully saturated rings. The number of fused-ring (bicyclic) bond motifs is 3. The van der Waals surface area contributed by atoms with Gasteiger partial charge < -0.3 is 0 Å². The molecule has 0 saturated carbocycles. The Kier molecular flexibility index (Phi) is 4.56. The molecule has 6 aromatic rings. The van der Waals surface area contributed by atoms with Crippen LogP contribution in [0.4, 0.5) is 0 Å². The Hall–Kier alpha value is -4.30. The lowest BCUT2D eigenvalue weighted by Gasteiger charge is -2.05. The number of rotatable bonds is 4. The number of pyridine rings is 1. The minimum Gasteiger partial charge on any atom is -0.276 e. The molecule has 166 valence electrons.